The Morgan fingerprint density at radius 3 is 2.25 bits per heavy atom. The van der Waals surface area contributed by atoms with E-state index in [1.807, 2.05) is 0 Å². The maximum atomic E-state index is 12.8. The molecule has 0 aliphatic heterocycles. The molecule has 0 spiro atoms. The zero-order valence-electron chi connectivity index (χ0n) is 20.6. The van der Waals surface area contributed by atoms with Gasteiger partial charge < -0.3 is 43.4 Å². The first-order valence-electron chi connectivity index (χ1n) is 11.6. The molecule has 0 aromatic heterocycles. The lowest BCUT2D eigenvalue weighted by Crippen LogP contribution is -2.55. The van der Waals surface area contributed by atoms with Gasteiger partial charge >= 0.3 is 5.97 Å². The van der Waals surface area contributed by atoms with Gasteiger partial charge in [0.25, 0.3) is 0 Å². The highest BCUT2D eigenvalue weighted by atomic mass is 16.4. The van der Waals surface area contributed by atoms with Crippen molar-refractivity contribution in [1.29, 1.82) is 0 Å². The zero-order valence-corrected chi connectivity index (χ0v) is 20.6. The summed E-state index contributed by atoms with van der Waals surface area (Å²) in [6, 6.07) is 3.07. The van der Waals surface area contributed by atoms with E-state index in [1.165, 1.54) is 12.1 Å². The van der Waals surface area contributed by atoms with Gasteiger partial charge in [0.15, 0.2) is 5.96 Å². The van der Waals surface area contributed by atoms with Crippen molar-refractivity contribution >= 4 is 29.7 Å². The average Bonchev–Trinajstić information content (AvgIpc) is 2.83. The predicted octanol–water partition coefficient (Wildman–Crippen LogP) is -1.47. The molecule has 4 unspecified atom stereocenters. The molecule has 0 saturated heterocycles. The van der Waals surface area contributed by atoms with Crippen molar-refractivity contribution < 1.29 is 29.4 Å². The first-order valence-corrected chi connectivity index (χ1v) is 11.6. The molecule has 0 heterocycles. The summed E-state index contributed by atoms with van der Waals surface area (Å²) in [5.74, 6) is -3.45. The van der Waals surface area contributed by atoms with E-state index < -0.39 is 48.4 Å². The fraction of sp³-hybridized carbons (Fsp3) is 0.522. The number of hydrogen-bond donors (Lipinski definition) is 8. The van der Waals surface area contributed by atoms with Crippen LogP contribution in [0.3, 0.4) is 0 Å². The Hall–Kier alpha value is -3.87. The number of nitrogens with one attached hydrogen (secondary N) is 3. The van der Waals surface area contributed by atoms with Gasteiger partial charge in [0, 0.05) is 6.54 Å². The molecule has 1 aromatic rings. The molecule has 0 aliphatic rings. The van der Waals surface area contributed by atoms with Gasteiger partial charge in [-0.05, 0) is 42.9 Å². The maximum absolute atomic E-state index is 12.8. The molecule has 0 fully saturated rings. The quantitative estimate of drug-likeness (QED) is 0.0784. The molecule has 3 amide bonds. The molecular weight excluding hydrogens is 470 g/mol. The van der Waals surface area contributed by atoms with Crippen LogP contribution in [0.25, 0.3) is 0 Å². The number of carboxylic acids is 1. The van der Waals surface area contributed by atoms with Crippen LogP contribution < -0.4 is 33.2 Å². The lowest BCUT2D eigenvalue weighted by molar-refractivity contribution is -0.143. The Bertz CT molecular complexity index is 918. The molecule has 200 valence electrons. The number of nitrogens with zero attached hydrogens (tertiary/aromatic N) is 1. The summed E-state index contributed by atoms with van der Waals surface area (Å²) in [5.41, 5.74) is 17.2. The average molecular weight is 508 g/mol. The third-order valence-corrected chi connectivity index (χ3v) is 5.53. The maximum Gasteiger partial charge on any atom is 0.326 e. The van der Waals surface area contributed by atoms with Crippen molar-refractivity contribution in [3.05, 3.63) is 29.8 Å². The van der Waals surface area contributed by atoms with E-state index in [0.717, 1.165) is 5.56 Å². The van der Waals surface area contributed by atoms with Crippen LogP contribution in [0.2, 0.25) is 0 Å². The first kappa shape index (κ1) is 30.2. The number of aliphatic imine (C=N–C) groups is 1. The minimum absolute atomic E-state index is 0.0872. The summed E-state index contributed by atoms with van der Waals surface area (Å²) in [5, 5.41) is 26.2. The van der Waals surface area contributed by atoms with Crippen LogP contribution in [0.15, 0.2) is 29.3 Å². The number of rotatable bonds is 15. The lowest BCUT2D eigenvalue weighted by Gasteiger charge is -2.24. The molecule has 36 heavy (non-hydrogen) atoms. The number of phenolic OH excluding ortho intramolecular Hbond substituents is 1. The van der Waals surface area contributed by atoms with E-state index in [0.29, 0.717) is 12.8 Å². The molecule has 1 aromatic carbocycles. The molecule has 11 N–H and O–H groups in total. The van der Waals surface area contributed by atoms with E-state index in [-0.39, 0.29) is 37.0 Å². The fourth-order valence-corrected chi connectivity index (χ4v) is 3.23. The first-order chi connectivity index (χ1) is 16.9. The van der Waals surface area contributed by atoms with Gasteiger partial charge in [0.05, 0.1) is 12.6 Å². The number of amides is 3. The van der Waals surface area contributed by atoms with Crippen molar-refractivity contribution in [2.45, 2.75) is 57.7 Å². The smallest absolute Gasteiger partial charge is 0.326 e. The Kier molecular flexibility index (Phi) is 12.7. The number of carboxylic acid groups (broad SMARTS) is 1. The van der Waals surface area contributed by atoms with Gasteiger partial charge in [-0.1, -0.05) is 32.4 Å². The number of nitrogens with two attached hydrogens (primary N) is 3. The van der Waals surface area contributed by atoms with Gasteiger partial charge in [-0.2, -0.15) is 0 Å². The van der Waals surface area contributed by atoms with Gasteiger partial charge in [-0.25, -0.2) is 4.79 Å². The van der Waals surface area contributed by atoms with Crippen molar-refractivity contribution in [3.8, 4) is 5.75 Å². The second kappa shape index (κ2) is 15.2. The van der Waals surface area contributed by atoms with Crippen LogP contribution >= 0.6 is 0 Å². The summed E-state index contributed by atoms with van der Waals surface area (Å²) < 4.78 is 0. The Morgan fingerprint density at radius 2 is 1.69 bits per heavy atom. The molecular formula is C23H37N7O6. The number of hydrogen-bond acceptors (Lipinski definition) is 7. The van der Waals surface area contributed by atoms with Gasteiger partial charge in [-0.15, -0.1) is 0 Å². The Balaban J connectivity index is 2.73. The molecule has 0 aliphatic carbocycles. The van der Waals surface area contributed by atoms with Crippen LogP contribution in [0.1, 0.15) is 38.7 Å². The van der Waals surface area contributed by atoms with Gasteiger partial charge in [0.2, 0.25) is 17.7 Å². The summed E-state index contributed by atoms with van der Waals surface area (Å²) >= 11 is 0. The highest BCUT2D eigenvalue weighted by molar-refractivity contribution is 5.92. The third kappa shape index (κ3) is 11.0. The number of carbonyl (C=O) groups is 4. The van der Waals surface area contributed by atoms with E-state index in [9.17, 15) is 29.4 Å². The van der Waals surface area contributed by atoms with Crippen LogP contribution in [-0.4, -0.2) is 71.1 Å². The van der Waals surface area contributed by atoms with Crippen molar-refractivity contribution in [3.63, 3.8) is 0 Å². The molecule has 1 rings (SSSR count). The highest BCUT2D eigenvalue weighted by Crippen LogP contribution is 2.11. The number of benzene rings is 1. The number of phenols is 1. The van der Waals surface area contributed by atoms with E-state index in [2.05, 4.69) is 20.9 Å². The van der Waals surface area contributed by atoms with E-state index in [4.69, 9.17) is 17.2 Å². The number of carbonyl (C=O) groups excluding carboxylic acids is 3. The molecule has 0 radical (unpaired) electrons. The monoisotopic (exact) mass is 507 g/mol. The van der Waals surface area contributed by atoms with Crippen LogP contribution in [-0.2, 0) is 25.6 Å². The highest BCUT2D eigenvalue weighted by Gasteiger charge is 2.29. The van der Waals surface area contributed by atoms with Gasteiger partial charge in [0.1, 0.15) is 17.8 Å². The number of guanidine groups is 1. The second-order valence-corrected chi connectivity index (χ2v) is 8.47. The second-order valence-electron chi connectivity index (χ2n) is 8.47. The summed E-state index contributed by atoms with van der Waals surface area (Å²) in [6.07, 6.45) is 1.18. The van der Waals surface area contributed by atoms with Gasteiger partial charge in [-0.3, -0.25) is 19.4 Å². The molecule has 4 atom stereocenters. The largest absolute Gasteiger partial charge is 0.508 e. The predicted molar refractivity (Wildman–Crippen MR) is 134 cm³/mol. The Labute approximate surface area is 209 Å². The van der Waals surface area contributed by atoms with Crippen molar-refractivity contribution in [2.75, 3.05) is 13.1 Å². The molecule has 13 heteroatoms. The number of aliphatic carboxylic acids is 1. The lowest BCUT2D eigenvalue weighted by atomic mass is 9.98. The minimum atomic E-state index is -1.18. The van der Waals surface area contributed by atoms with Crippen molar-refractivity contribution in [2.24, 2.45) is 28.1 Å². The fourth-order valence-electron chi connectivity index (χ4n) is 3.23. The van der Waals surface area contributed by atoms with Crippen molar-refractivity contribution in [1.82, 2.24) is 16.0 Å². The molecule has 0 saturated carbocycles. The van der Waals surface area contributed by atoms with E-state index >= 15 is 0 Å². The molecule has 0 bridgehead atoms. The zero-order chi connectivity index (χ0) is 27.3. The third-order valence-electron chi connectivity index (χ3n) is 5.53. The summed E-state index contributed by atoms with van der Waals surface area (Å²) in [6.45, 7) is 3.27. The standard InChI is InChI=1S/C23H37N7O6/c1-3-13(2)19(22(35)36)30-21(34)17(5-4-10-27-23(25)26)29-18(32)12-28-20(33)16(24)11-14-6-8-15(31)9-7-14/h6-9,13,16-17,19,31H,3-5,10-12,24H2,1-2H3,(H,28,33)(H,29,32)(H,30,34)(H,35,36)(H4,25,26,27). The van der Waals surface area contributed by atoms with E-state index in [1.54, 1.807) is 26.0 Å². The number of aromatic hydroxyl groups is 1. The van der Waals surface area contributed by atoms with Crippen LogP contribution in [0.4, 0.5) is 0 Å². The topological polar surface area (TPSA) is 235 Å². The van der Waals surface area contributed by atoms with Crippen LogP contribution in [0.5, 0.6) is 5.75 Å². The summed E-state index contributed by atoms with van der Waals surface area (Å²) in [4.78, 5) is 53.0. The Morgan fingerprint density at radius 1 is 1.06 bits per heavy atom. The van der Waals surface area contributed by atoms with Crippen LogP contribution in [0, 0.1) is 5.92 Å². The summed E-state index contributed by atoms with van der Waals surface area (Å²) in [7, 11) is 0. The minimum Gasteiger partial charge on any atom is -0.508 e. The molecule has 13 nitrogen and oxygen atoms in total. The SMILES string of the molecule is CCC(C)C(NC(=O)C(CCCN=C(N)N)NC(=O)CNC(=O)C(N)Cc1ccc(O)cc1)C(=O)O. The normalized spacial score (nSPS) is 14.0.